The van der Waals surface area contributed by atoms with Crippen molar-refractivity contribution in [1.82, 2.24) is 0 Å². The molecule has 0 spiro atoms. The van der Waals surface area contributed by atoms with E-state index in [4.69, 9.17) is 9.88 Å². The van der Waals surface area contributed by atoms with E-state index in [0.717, 1.165) is 12.5 Å². The first-order valence-corrected chi connectivity index (χ1v) is 8.08. The summed E-state index contributed by atoms with van der Waals surface area (Å²) in [6.45, 7) is 3.23. The second-order valence-corrected chi connectivity index (χ2v) is 6.71. The van der Waals surface area contributed by atoms with Crippen molar-refractivity contribution in [3.63, 3.8) is 0 Å². The fraction of sp³-hybridized carbons (Fsp3) is 0.462. The van der Waals surface area contributed by atoms with E-state index in [1.165, 1.54) is 12.1 Å². The number of sulfonamides is 1. The maximum Gasteiger partial charge on any atom is 0.337 e. The first-order chi connectivity index (χ1) is 9.79. The molecule has 4 N–H and O–H groups in total. The summed E-state index contributed by atoms with van der Waals surface area (Å²) in [5.41, 5.74) is 0.272. The molecule has 0 saturated carbocycles. The van der Waals surface area contributed by atoms with Crippen LogP contribution in [0.4, 0.5) is 5.69 Å². The van der Waals surface area contributed by atoms with Crippen LogP contribution in [-0.4, -0.2) is 38.7 Å². The fourth-order valence-corrected chi connectivity index (χ4v) is 2.84. The summed E-state index contributed by atoms with van der Waals surface area (Å²) >= 11 is 0. The summed E-state index contributed by atoms with van der Waals surface area (Å²) in [5.74, 6) is -0.971. The van der Waals surface area contributed by atoms with Crippen LogP contribution in [0.3, 0.4) is 0 Å². The number of nitrogens with one attached hydrogen (secondary N) is 1. The molecule has 116 valence electrons. The van der Waals surface area contributed by atoms with Crippen molar-refractivity contribution in [3.8, 4) is 0 Å². The van der Waals surface area contributed by atoms with Gasteiger partial charge in [-0.3, -0.25) is 0 Å². The van der Waals surface area contributed by atoms with Crippen LogP contribution in [0.2, 0.25) is 0 Å². The summed E-state index contributed by atoms with van der Waals surface area (Å²) in [6, 6.07) is 3.89. The van der Waals surface area contributed by atoms with E-state index in [0.29, 0.717) is 18.9 Å². The molecule has 1 aliphatic rings. The molecule has 21 heavy (non-hydrogen) atoms. The topological polar surface area (TPSA) is 119 Å². The lowest BCUT2D eigenvalue weighted by Crippen LogP contribution is -2.36. The third-order valence-electron chi connectivity index (χ3n) is 3.53. The van der Waals surface area contributed by atoms with Gasteiger partial charge in [0.05, 0.1) is 17.1 Å². The first kappa shape index (κ1) is 15.7. The van der Waals surface area contributed by atoms with Gasteiger partial charge in [-0.15, -0.1) is 0 Å². The van der Waals surface area contributed by atoms with Crippen LogP contribution in [0.25, 0.3) is 0 Å². The molecule has 2 unspecified atom stereocenters. The average molecular weight is 314 g/mol. The first-order valence-electron chi connectivity index (χ1n) is 6.53. The van der Waals surface area contributed by atoms with Crippen molar-refractivity contribution in [3.05, 3.63) is 23.8 Å². The van der Waals surface area contributed by atoms with E-state index in [-0.39, 0.29) is 22.4 Å². The Labute approximate surface area is 123 Å². The van der Waals surface area contributed by atoms with Gasteiger partial charge in [-0.2, -0.15) is 0 Å². The minimum absolute atomic E-state index is 0.0807. The Morgan fingerprint density at radius 3 is 2.76 bits per heavy atom. The zero-order valence-electron chi connectivity index (χ0n) is 11.6. The summed E-state index contributed by atoms with van der Waals surface area (Å²) in [5, 5.41) is 17.4. The van der Waals surface area contributed by atoms with Crippen molar-refractivity contribution < 1.29 is 23.1 Å². The predicted molar refractivity (Wildman–Crippen MR) is 76.8 cm³/mol. The van der Waals surface area contributed by atoms with Crippen LogP contribution in [0.1, 0.15) is 23.7 Å². The summed E-state index contributed by atoms with van der Waals surface area (Å²) in [7, 11) is -3.93. The normalized spacial score (nSPS) is 22.8. The summed E-state index contributed by atoms with van der Waals surface area (Å²) < 4.78 is 28.0. The zero-order chi connectivity index (χ0) is 15.6. The maximum absolute atomic E-state index is 11.3. The highest BCUT2D eigenvalue weighted by Crippen LogP contribution is 2.24. The molecule has 0 bridgehead atoms. The van der Waals surface area contributed by atoms with Gasteiger partial charge in [-0.05, 0) is 30.5 Å². The minimum Gasteiger partial charge on any atom is -0.478 e. The van der Waals surface area contributed by atoms with E-state index in [1.54, 1.807) is 0 Å². The lowest BCUT2D eigenvalue weighted by Gasteiger charge is -2.30. The van der Waals surface area contributed by atoms with Crippen LogP contribution in [0, 0.1) is 5.92 Å². The molecule has 2 atom stereocenters. The highest BCUT2D eigenvalue weighted by molar-refractivity contribution is 7.89. The van der Waals surface area contributed by atoms with Gasteiger partial charge in [-0.1, -0.05) is 6.92 Å². The highest BCUT2D eigenvalue weighted by atomic mass is 32.2. The van der Waals surface area contributed by atoms with Gasteiger partial charge >= 0.3 is 5.97 Å². The van der Waals surface area contributed by atoms with Gasteiger partial charge in [-0.25, -0.2) is 18.4 Å². The zero-order valence-corrected chi connectivity index (χ0v) is 12.4. The van der Waals surface area contributed by atoms with E-state index in [1.807, 2.05) is 6.92 Å². The van der Waals surface area contributed by atoms with Crippen LogP contribution in [-0.2, 0) is 14.8 Å². The summed E-state index contributed by atoms with van der Waals surface area (Å²) in [6.07, 6.45) is 0.761. The minimum atomic E-state index is -3.93. The van der Waals surface area contributed by atoms with Crippen molar-refractivity contribution in [2.75, 3.05) is 18.5 Å². The number of carbonyl (C=O) groups is 1. The number of carboxylic acids is 1. The number of carboxylic acid groups (broad SMARTS) is 1. The Balaban J connectivity index is 2.32. The monoisotopic (exact) mass is 314 g/mol. The molecule has 1 aromatic rings. The smallest absolute Gasteiger partial charge is 0.337 e. The number of hydrogen-bond donors (Lipinski definition) is 3. The molecule has 7 nitrogen and oxygen atoms in total. The Hall–Kier alpha value is -1.64. The van der Waals surface area contributed by atoms with Gasteiger partial charge < -0.3 is 15.2 Å². The van der Waals surface area contributed by atoms with Gasteiger partial charge in [0.1, 0.15) is 0 Å². The van der Waals surface area contributed by atoms with Crippen LogP contribution >= 0.6 is 0 Å². The molecule has 1 aliphatic heterocycles. The third kappa shape index (κ3) is 3.72. The molecular weight excluding hydrogens is 296 g/mol. The Morgan fingerprint density at radius 2 is 2.19 bits per heavy atom. The lowest BCUT2D eigenvalue weighted by atomic mass is 9.97. The highest BCUT2D eigenvalue weighted by Gasteiger charge is 2.24. The average Bonchev–Trinajstić information content (AvgIpc) is 2.40. The van der Waals surface area contributed by atoms with Crippen LogP contribution in [0.5, 0.6) is 0 Å². The van der Waals surface area contributed by atoms with Gasteiger partial charge in [0.2, 0.25) is 10.0 Å². The van der Waals surface area contributed by atoms with E-state index >= 15 is 0 Å². The van der Waals surface area contributed by atoms with Crippen LogP contribution in [0.15, 0.2) is 23.1 Å². The van der Waals surface area contributed by atoms with E-state index in [2.05, 4.69) is 5.32 Å². The molecule has 8 heteroatoms. The number of benzene rings is 1. The molecule has 1 heterocycles. The number of anilines is 1. The second kappa shape index (κ2) is 6.00. The molecule has 0 amide bonds. The SMILES string of the molecule is CC1COCCC1Nc1ccc(S(N)(=O)=O)cc1C(=O)O. The van der Waals surface area contributed by atoms with Crippen LogP contribution < -0.4 is 10.5 Å². The van der Waals surface area contributed by atoms with Crippen molar-refractivity contribution in [1.29, 1.82) is 0 Å². The van der Waals surface area contributed by atoms with Crippen molar-refractivity contribution in [2.24, 2.45) is 11.1 Å². The maximum atomic E-state index is 11.3. The quantitative estimate of drug-likeness (QED) is 0.758. The molecule has 0 radical (unpaired) electrons. The van der Waals surface area contributed by atoms with E-state index in [9.17, 15) is 18.3 Å². The molecular formula is C13H18N2O5S. The van der Waals surface area contributed by atoms with Crippen molar-refractivity contribution in [2.45, 2.75) is 24.3 Å². The Bertz CT molecular complexity index is 644. The number of aromatic carboxylic acids is 1. The predicted octanol–water partition coefficient (Wildman–Crippen LogP) is 0.869. The summed E-state index contributed by atoms with van der Waals surface area (Å²) in [4.78, 5) is 11.1. The van der Waals surface area contributed by atoms with E-state index < -0.39 is 16.0 Å². The molecule has 1 fully saturated rings. The number of primary sulfonamides is 1. The lowest BCUT2D eigenvalue weighted by molar-refractivity contribution is 0.0537. The largest absolute Gasteiger partial charge is 0.478 e. The number of ether oxygens (including phenoxy) is 1. The third-order valence-corrected chi connectivity index (χ3v) is 4.44. The molecule has 2 rings (SSSR count). The number of hydrogen-bond acceptors (Lipinski definition) is 5. The second-order valence-electron chi connectivity index (χ2n) is 5.15. The number of nitrogens with two attached hydrogens (primary N) is 1. The molecule has 1 aromatic carbocycles. The number of rotatable bonds is 4. The van der Waals surface area contributed by atoms with Gasteiger partial charge in [0.25, 0.3) is 0 Å². The fourth-order valence-electron chi connectivity index (χ4n) is 2.30. The Morgan fingerprint density at radius 1 is 1.48 bits per heavy atom. The molecule has 0 aromatic heterocycles. The Kier molecular flexibility index (Phi) is 4.50. The molecule has 0 aliphatic carbocycles. The van der Waals surface area contributed by atoms with Crippen molar-refractivity contribution >= 4 is 21.7 Å². The van der Waals surface area contributed by atoms with Gasteiger partial charge in [0.15, 0.2) is 0 Å². The van der Waals surface area contributed by atoms with Gasteiger partial charge in [0, 0.05) is 18.3 Å². The standard InChI is InChI=1S/C13H18N2O5S/c1-8-7-20-5-4-11(8)15-12-3-2-9(21(14,18)19)6-10(12)13(16)17/h2-3,6,8,11,15H,4-5,7H2,1H3,(H,16,17)(H2,14,18,19). The molecule has 1 saturated heterocycles.